The normalized spacial score (nSPS) is 16.2. The fraction of sp³-hybridized carbons (Fsp3) is 0.571. The molecule has 0 unspecified atom stereocenters. The van der Waals surface area contributed by atoms with Gasteiger partial charge >= 0.3 is 0 Å². The lowest BCUT2D eigenvalue weighted by atomic mass is 9.66. The summed E-state index contributed by atoms with van der Waals surface area (Å²) >= 11 is 0. The maximum atomic E-state index is 4.43. The number of hydrogen-bond donors (Lipinski definition) is 0. The maximum absolute atomic E-state index is 4.43. The first-order chi connectivity index (χ1) is 10.7. The minimum Gasteiger partial charge on any atom is -0.373 e. The van der Waals surface area contributed by atoms with Gasteiger partial charge in [0.1, 0.15) is 7.05 Å². The van der Waals surface area contributed by atoms with Crippen molar-refractivity contribution in [3.8, 4) is 0 Å². The Morgan fingerprint density at radius 2 is 1.61 bits per heavy atom. The molecule has 0 saturated carbocycles. The second-order valence-corrected chi connectivity index (χ2v) is 8.04. The van der Waals surface area contributed by atoms with Gasteiger partial charge < -0.3 is 4.90 Å². The molecule has 0 N–H and O–H groups in total. The Morgan fingerprint density at radius 3 is 2.09 bits per heavy atom. The van der Waals surface area contributed by atoms with Crippen LogP contribution in [0.4, 0.5) is 5.69 Å². The largest absolute Gasteiger partial charge is 0.373 e. The van der Waals surface area contributed by atoms with Crippen LogP contribution in [0.3, 0.4) is 0 Å². The molecule has 1 aromatic rings. The van der Waals surface area contributed by atoms with E-state index in [0.717, 1.165) is 18.5 Å². The predicted molar refractivity (Wildman–Crippen MR) is 101 cm³/mol. The van der Waals surface area contributed by atoms with Gasteiger partial charge in [0.2, 0.25) is 11.4 Å². The zero-order valence-electron chi connectivity index (χ0n) is 16.0. The van der Waals surface area contributed by atoms with Gasteiger partial charge in [-0.05, 0) is 24.7 Å². The van der Waals surface area contributed by atoms with Gasteiger partial charge in [-0.1, -0.05) is 52.5 Å². The molecule has 0 fully saturated rings. The van der Waals surface area contributed by atoms with Crippen LogP contribution in [0.15, 0.2) is 36.5 Å². The van der Waals surface area contributed by atoms with E-state index in [1.807, 2.05) is 0 Å². The maximum Gasteiger partial charge on any atom is 0.215 e. The van der Waals surface area contributed by atoms with E-state index in [1.165, 1.54) is 17.0 Å². The number of nitrogens with zero attached hydrogens (tertiary/aromatic N) is 2. The van der Waals surface area contributed by atoms with Crippen LogP contribution in [0.25, 0.3) is 0 Å². The lowest BCUT2D eigenvalue weighted by molar-refractivity contribution is -0.402. The van der Waals surface area contributed by atoms with E-state index < -0.39 is 0 Å². The highest BCUT2D eigenvalue weighted by Crippen LogP contribution is 2.48. The van der Waals surface area contributed by atoms with Gasteiger partial charge in [-0.15, -0.1) is 0 Å². The van der Waals surface area contributed by atoms with Crippen molar-refractivity contribution in [3.63, 3.8) is 0 Å². The number of benzene rings is 1. The molecule has 2 heteroatoms. The van der Waals surface area contributed by atoms with Crippen LogP contribution in [0, 0.1) is 11.8 Å². The summed E-state index contributed by atoms with van der Waals surface area (Å²) in [6.45, 7) is 13.8. The Kier molecular flexibility index (Phi) is 5.03. The van der Waals surface area contributed by atoms with Crippen LogP contribution in [-0.2, 0) is 5.41 Å². The van der Waals surface area contributed by atoms with E-state index in [4.69, 9.17) is 0 Å². The van der Waals surface area contributed by atoms with E-state index in [0.29, 0.717) is 11.8 Å². The summed E-state index contributed by atoms with van der Waals surface area (Å²) in [5.74, 6) is 1.27. The number of allylic oxidation sites excluding steroid dienone is 1. The molecule has 0 radical (unpaired) electrons. The Hall–Kier alpha value is -1.57. The molecule has 1 aliphatic heterocycles. The molecular formula is C21H33N2+. The average Bonchev–Trinajstić information content (AvgIpc) is 2.66. The smallest absolute Gasteiger partial charge is 0.215 e. The van der Waals surface area contributed by atoms with Crippen LogP contribution >= 0.6 is 0 Å². The zero-order chi connectivity index (χ0) is 17.4. The predicted octanol–water partition coefficient (Wildman–Crippen LogP) is 4.82. The average molecular weight is 314 g/mol. The molecule has 0 spiro atoms. The molecule has 0 aliphatic carbocycles. The van der Waals surface area contributed by atoms with Crippen molar-refractivity contribution in [2.75, 3.05) is 21.1 Å². The molecular weight excluding hydrogens is 280 g/mol. The standard InChI is InChI=1S/C21H33N2/c1-15(2)13-21(14-16(3)4)18-11-9-10-12-19(18)23(8)20(21)17(5)22(6)7/h9-12,15-16H,5,13-14H2,1-4,6-8H3/q+1. The number of rotatable bonds is 6. The molecule has 23 heavy (non-hydrogen) atoms. The van der Waals surface area contributed by atoms with E-state index in [-0.39, 0.29) is 5.41 Å². The van der Waals surface area contributed by atoms with E-state index in [2.05, 4.69) is 89.2 Å². The first-order valence-corrected chi connectivity index (χ1v) is 8.78. The second kappa shape index (κ2) is 6.51. The molecule has 1 heterocycles. The Balaban J connectivity index is 2.73. The Morgan fingerprint density at radius 1 is 1.09 bits per heavy atom. The van der Waals surface area contributed by atoms with Gasteiger partial charge in [0.05, 0.1) is 11.1 Å². The second-order valence-electron chi connectivity index (χ2n) is 8.04. The van der Waals surface area contributed by atoms with Gasteiger partial charge in [0.25, 0.3) is 0 Å². The quantitative estimate of drug-likeness (QED) is 0.682. The topological polar surface area (TPSA) is 6.25 Å². The van der Waals surface area contributed by atoms with Crippen LogP contribution in [-0.4, -0.2) is 36.3 Å². The summed E-state index contributed by atoms with van der Waals surface area (Å²) in [4.78, 5) is 2.16. The van der Waals surface area contributed by atoms with Crippen molar-refractivity contribution in [2.45, 2.75) is 46.0 Å². The Labute approximate surface area is 142 Å². The highest BCUT2D eigenvalue weighted by molar-refractivity contribution is 6.06. The fourth-order valence-electron chi connectivity index (χ4n) is 4.31. The van der Waals surface area contributed by atoms with E-state index >= 15 is 0 Å². The van der Waals surface area contributed by atoms with Gasteiger partial charge in [-0.2, -0.15) is 4.58 Å². The SMILES string of the molecule is C=C(C1=[N+](C)c2ccccc2C1(CC(C)C)CC(C)C)N(C)C. The summed E-state index contributed by atoms with van der Waals surface area (Å²) in [6, 6.07) is 8.91. The van der Waals surface area contributed by atoms with Crippen LogP contribution in [0.2, 0.25) is 0 Å². The highest BCUT2D eigenvalue weighted by atomic mass is 15.1. The molecule has 0 aromatic heterocycles. The van der Waals surface area contributed by atoms with E-state index in [1.54, 1.807) is 0 Å². The number of fused-ring (bicyclic) bond motifs is 1. The molecule has 0 bridgehead atoms. The van der Waals surface area contributed by atoms with Gasteiger partial charge in [0.15, 0.2) is 0 Å². The van der Waals surface area contributed by atoms with Crippen LogP contribution in [0.1, 0.15) is 46.1 Å². The minimum absolute atomic E-state index is 0.0645. The van der Waals surface area contributed by atoms with Crippen molar-refractivity contribution in [3.05, 3.63) is 42.1 Å². The van der Waals surface area contributed by atoms with Crippen molar-refractivity contribution in [1.82, 2.24) is 4.90 Å². The molecule has 0 amide bonds. The van der Waals surface area contributed by atoms with Crippen LogP contribution in [0.5, 0.6) is 0 Å². The first-order valence-electron chi connectivity index (χ1n) is 8.78. The van der Waals surface area contributed by atoms with Crippen LogP contribution < -0.4 is 0 Å². The monoisotopic (exact) mass is 313 g/mol. The molecule has 0 saturated heterocycles. The molecule has 2 rings (SSSR count). The summed E-state index contributed by atoms with van der Waals surface area (Å²) in [6.07, 6.45) is 2.32. The number of hydrogen-bond acceptors (Lipinski definition) is 1. The molecule has 0 atom stereocenters. The summed E-state index contributed by atoms with van der Waals surface area (Å²) in [7, 11) is 6.40. The van der Waals surface area contributed by atoms with Gasteiger partial charge in [0, 0.05) is 25.7 Å². The van der Waals surface area contributed by atoms with Crippen molar-refractivity contribution >= 4 is 11.4 Å². The third-order valence-corrected chi connectivity index (χ3v) is 4.90. The molecule has 1 aromatic carbocycles. The highest BCUT2D eigenvalue weighted by Gasteiger charge is 2.52. The first kappa shape index (κ1) is 17.8. The molecule has 2 nitrogen and oxygen atoms in total. The third kappa shape index (κ3) is 3.08. The summed E-state index contributed by atoms with van der Waals surface area (Å²) < 4.78 is 2.38. The molecule has 1 aliphatic rings. The minimum atomic E-state index is 0.0645. The molecule has 126 valence electrons. The number of para-hydroxylation sites is 1. The lowest BCUT2D eigenvalue weighted by Gasteiger charge is -2.34. The summed E-state index contributed by atoms with van der Waals surface area (Å²) in [5.41, 5.74) is 5.39. The summed E-state index contributed by atoms with van der Waals surface area (Å²) in [5, 5.41) is 0. The van der Waals surface area contributed by atoms with Crippen molar-refractivity contribution in [1.29, 1.82) is 0 Å². The zero-order valence-corrected chi connectivity index (χ0v) is 16.0. The van der Waals surface area contributed by atoms with Crippen molar-refractivity contribution < 1.29 is 4.58 Å². The van der Waals surface area contributed by atoms with E-state index in [9.17, 15) is 0 Å². The van der Waals surface area contributed by atoms with Crippen molar-refractivity contribution in [2.24, 2.45) is 11.8 Å². The van der Waals surface area contributed by atoms with Gasteiger partial charge in [-0.3, -0.25) is 0 Å². The van der Waals surface area contributed by atoms with Gasteiger partial charge in [-0.25, -0.2) is 0 Å². The Bertz CT molecular complexity index is 610. The third-order valence-electron chi connectivity index (χ3n) is 4.90. The lowest BCUT2D eigenvalue weighted by Crippen LogP contribution is -2.41. The fourth-order valence-corrected chi connectivity index (χ4v) is 4.31.